The SMILES string of the molecule is CC(=O)OC1C(P)OC([C@H](C)N)C1OCc1ccccc1. The molecule has 0 spiro atoms. The molecular formula is C15H22NO4P. The normalized spacial score (nSPS) is 30.1. The Balaban J connectivity index is 2.07. The fourth-order valence-corrected chi connectivity index (χ4v) is 2.89. The summed E-state index contributed by atoms with van der Waals surface area (Å²) in [7, 11) is 2.54. The number of nitrogens with two attached hydrogens (primary N) is 1. The summed E-state index contributed by atoms with van der Waals surface area (Å²) in [4.78, 5) is 11.3. The van der Waals surface area contributed by atoms with E-state index in [0.717, 1.165) is 5.56 Å². The molecule has 6 heteroatoms. The summed E-state index contributed by atoms with van der Waals surface area (Å²) >= 11 is 0. The number of carbonyl (C=O) groups excluding carboxylic acids is 1. The first-order chi connectivity index (χ1) is 9.99. The molecule has 1 aromatic rings. The van der Waals surface area contributed by atoms with Gasteiger partial charge in [0.2, 0.25) is 0 Å². The second-order valence-corrected chi connectivity index (χ2v) is 5.92. The zero-order valence-electron chi connectivity index (χ0n) is 12.3. The summed E-state index contributed by atoms with van der Waals surface area (Å²) in [5.41, 5.74) is 7.01. The van der Waals surface area contributed by atoms with Crippen LogP contribution in [0, 0.1) is 0 Å². The lowest BCUT2D eigenvalue weighted by Gasteiger charge is -2.25. The lowest BCUT2D eigenvalue weighted by molar-refractivity contribution is -0.153. The van der Waals surface area contributed by atoms with E-state index in [-0.39, 0.29) is 30.1 Å². The zero-order chi connectivity index (χ0) is 15.4. The summed E-state index contributed by atoms with van der Waals surface area (Å²) in [5, 5.41) is 0. The Hall–Kier alpha value is -1.00. The van der Waals surface area contributed by atoms with Crippen LogP contribution in [0.4, 0.5) is 0 Å². The van der Waals surface area contributed by atoms with Crippen molar-refractivity contribution in [3.8, 4) is 0 Å². The molecule has 21 heavy (non-hydrogen) atoms. The van der Waals surface area contributed by atoms with E-state index in [0.29, 0.717) is 6.61 Å². The highest BCUT2D eigenvalue weighted by atomic mass is 31.0. The Morgan fingerprint density at radius 1 is 1.38 bits per heavy atom. The predicted octanol–water partition coefficient (Wildman–Crippen LogP) is 1.45. The average Bonchev–Trinajstić information content (AvgIpc) is 2.74. The van der Waals surface area contributed by atoms with Gasteiger partial charge in [-0.2, -0.15) is 0 Å². The molecule has 1 fully saturated rings. The first-order valence-corrected chi connectivity index (χ1v) is 7.65. The minimum Gasteiger partial charge on any atom is -0.457 e. The fraction of sp³-hybridized carbons (Fsp3) is 0.533. The van der Waals surface area contributed by atoms with Crippen LogP contribution in [0.1, 0.15) is 19.4 Å². The van der Waals surface area contributed by atoms with Crippen molar-refractivity contribution < 1.29 is 19.0 Å². The maximum atomic E-state index is 11.3. The van der Waals surface area contributed by atoms with Gasteiger partial charge in [0.25, 0.3) is 0 Å². The molecule has 2 rings (SSSR count). The molecule has 116 valence electrons. The molecule has 1 heterocycles. The van der Waals surface area contributed by atoms with Gasteiger partial charge in [0.05, 0.1) is 6.61 Å². The van der Waals surface area contributed by atoms with Crippen LogP contribution in [-0.4, -0.2) is 36.2 Å². The van der Waals surface area contributed by atoms with Crippen molar-refractivity contribution in [1.29, 1.82) is 0 Å². The van der Waals surface area contributed by atoms with Crippen molar-refractivity contribution in [2.45, 2.75) is 50.7 Å². The standard InChI is InChI=1S/C15H22NO4P/c1-9(16)12-13(14(15(21)20-12)19-10(2)17)18-8-11-6-4-3-5-7-11/h3-7,9,12-15H,8,16,21H2,1-2H3/t9-,12?,13?,14?,15?/m0/s1. The van der Waals surface area contributed by atoms with Crippen LogP contribution in [0.2, 0.25) is 0 Å². The van der Waals surface area contributed by atoms with Crippen LogP contribution >= 0.6 is 9.24 Å². The number of ether oxygens (including phenoxy) is 3. The number of carbonyl (C=O) groups is 1. The summed E-state index contributed by atoms with van der Waals surface area (Å²) in [6.45, 7) is 3.66. The van der Waals surface area contributed by atoms with E-state index >= 15 is 0 Å². The second kappa shape index (κ2) is 7.32. The van der Waals surface area contributed by atoms with Gasteiger partial charge >= 0.3 is 5.97 Å². The lowest BCUT2D eigenvalue weighted by atomic mass is 10.1. The molecule has 1 aliphatic rings. The van der Waals surface area contributed by atoms with Crippen LogP contribution in [-0.2, 0) is 25.6 Å². The van der Waals surface area contributed by atoms with Crippen LogP contribution in [0.25, 0.3) is 0 Å². The highest BCUT2D eigenvalue weighted by Crippen LogP contribution is 2.32. The van der Waals surface area contributed by atoms with Crippen molar-refractivity contribution in [2.75, 3.05) is 0 Å². The van der Waals surface area contributed by atoms with Crippen molar-refractivity contribution >= 4 is 15.2 Å². The molecule has 5 unspecified atom stereocenters. The summed E-state index contributed by atoms with van der Waals surface area (Å²) < 4.78 is 17.1. The first-order valence-electron chi connectivity index (χ1n) is 6.98. The van der Waals surface area contributed by atoms with Gasteiger partial charge in [0, 0.05) is 13.0 Å². The maximum absolute atomic E-state index is 11.3. The number of rotatable bonds is 5. The molecule has 0 radical (unpaired) electrons. The average molecular weight is 311 g/mol. The third-order valence-corrected chi connectivity index (χ3v) is 3.93. The lowest BCUT2D eigenvalue weighted by Crippen LogP contribution is -2.44. The Morgan fingerprint density at radius 2 is 2.05 bits per heavy atom. The second-order valence-electron chi connectivity index (χ2n) is 5.26. The van der Waals surface area contributed by atoms with E-state index in [9.17, 15) is 4.79 Å². The molecule has 0 aliphatic carbocycles. The number of hydrogen-bond donors (Lipinski definition) is 1. The summed E-state index contributed by atoms with van der Waals surface area (Å²) in [5.74, 6) is -0.666. The predicted molar refractivity (Wildman–Crippen MR) is 82.6 cm³/mol. The van der Waals surface area contributed by atoms with Crippen LogP contribution in [0.5, 0.6) is 0 Å². The van der Waals surface area contributed by atoms with Gasteiger partial charge in [-0.15, -0.1) is 9.24 Å². The van der Waals surface area contributed by atoms with Crippen LogP contribution < -0.4 is 5.73 Å². The van der Waals surface area contributed by atoms with Crippen molar-refractivity contribution in [1.82, 2.24) is 0 Å². The minimum absolute atomic E-state index is 0.214. The monoisotopic (exact) mass is 311 g/mol. The topological polar surface area (TPSA) is 70.8 Å². The number of esters is 1. The van der Waals surface area contributed by atoms with Crippen LogP contribution in [0.3, 0.4) is 0 Å². The number of hydrogen-bond acceptors (Lipinski definition) is 5. The highest BCUT2D eigenvalue weighted by molar-refractivity contribution is 7.17. The Bertz CT molecular complexity index is 468. The molecule has 0 amide bonds. The molecule has 1 aromatic carbocycles. The first kappa shape index (κ1) is 16.4. The van der Waals surface area contributed by atoms with Gasteiger partial charge in [-0.25, -0.2) is 0 Å². The fourth-order valence-electron chi connectivity index (χ4n) is 2.42. The molecular weight excluding hydrogens is 289 g/mol. The third kappa shape index (κ3) is 4.24. The van der Waals surface area contributed by atoms with Gasteiger partial charge < -0.3 is 19.9 Å². The molecule has 1 aliphatic heterocycles. The molecule has 0 bridgehead atoms. The maximum Gasteiger partial charge on any atom is 0.303 e. The van der Waals surface area contributed by atoms with Gasteiger partial charge in [0.15, 0.2) is 6.10 Å². The molecule has 1 saturated heterocycles. The van der Waals surface area contributed by atoms with Crippen molar-refractivity contribution in [3.05, 3.63) is 35.9 Å². The van der Waals surface area contributed by atoms with E-state index in [4.69, 9.17) is 19.9 Å². The smallest absolute Gasteiger partial charge is 0.303 e. The van der Waals surface area contributed by atoms with Crippen molar-refractivity contribution in [3.63, 3.8) is 0 Å². The zero-order valence-corrected chi connectivity index (χ0v) is 13.4. The van der Waals surface area contributed by atoms with Gasteiger partial charge in [-0.05, 0) is 12.5 Å². The van der Waals surface area contributed by atoms with E-state index in [1.807, 2.05) is 37.3 Å². The number of benzene rings is 1. The van der Waals surface area contributed by atoms with Gasteiger partial charge in [-0.1, -0.05) is 30.3 Å². The Morgan fingerprint density at radius 3 is 2.62 bits per heavy atom. The highest BCUT2D eigenvalue weighted by Gasteiger charge is 2.47. The third-order valence-electron chi connectivity index (χ3n) is 3.39. The van der Waals surface area contributed by atoms with E-state index in [1.165, 1.54) is 6.92 Å². The minimum atomic E-state index is -0.466. The molecule has 2 N–H and O–H groups in total. The van der Waals surface area contributed by atoms with Crippen LogP contribution in [0.15, 0.2) is 30.3 Å². The molecule has 0 saturated carbocycles. The summed E-state index contributed by atoms with van der Waals surface area (Å²) in [6, 6.07) is 9.61. The Kier molecular flexibility index (Phi) is 5.71. The molecule has 6 atom stereocenters. The van der Waals surface area contributed by atoms with Gasteiger partial charge in [-0.3, -0.25) is 4.79 Å². The quantitative estimate of drug-likeness (QED) is 0.658. The van der Waals surface area contributed by atoms with E-state index < -0.39 is 6.10 Å². The van der Waals surface area contributed by atoms with Gasteiger partial charge in [0.1, 0.15) is 18.1 Å². The van der Waals surface area contributed by atoms with E-state index in [2.05, 4.69) is 9.24 Å². The molecule has 0 aromatic heterocycles. The molecule has 5 nitrogen and oxygen atoms in total. The largest absolute Gasteiger partial charge is 0.457 e. The van der Waals surface area contributed by atoms with Crippen molar-refractivity contribution in [2.24, 2.45) is 5.73 Å². The van der Waals surface area contributed by atoms with E-state index in [1.54, 1.807) is 0 Å². The Labute approximate surface area is 127 Å². The summed E-state index contributed by atoms with van der Waals surface area (Å²) in [6.07, 6.45) is -1.15.